The van der Waals surface area contributed by atoms with Gasteiger partial charge in [0.2, 0.25) is 0 Å². The van der Waals surface area contributed by atoms with E-state index in [1.807, 2.05) is 36.5 Å². The van der Waals surface area contributed by atoms with E-state index < -0.39 is 32.5 Å². The predicted octanol–water partition coefficient (Wildman–Crippen LogP) is 13.0. The third-order valence-corrected chi connectivity index (χ3v) is 11.0. The summed E-state index contributed by atoms with van der Waals surface area (Å²) in [4.78, 5) is 34.9. The molecule has 0 radical (unpaired) electrons. The molecule has 0 heterocycles. The number of aliphatic hydroxyl groups excluding tert-OH is 1. The van der Waals surface area contributed by atoms with Crippen LogP contribution < -0.4 is 5.73 Å². The molecule has 0 aliphatic heterocycles. The van der Waals surface area contributed by atoms with Crippen LogP contribution in [0.4, 0.5) is 0 Å². The van der Waals surface area contributed by atoms with Crippen LogP contribution in [0, 0.1) is 0 Å². The molecular weight excluding hydrogens is 778 g/mol. The van der Waals surface area contributed by atoms with E-state index in [-0.39, 0.29) is 38.7 Å². The molecule has 0 saturated carbocycles. The van der Waals surface area contributed by atoms with Crippen molar-refractivity contribution in [2.24, 2.45) is 5.73 Å². The maximum atomic E-state index is 12.6. The molecule has 0 amide bonds. The lowest BCUT2D eigenvalue weighted by atomic mass is 10.0. The Hall–Kier alpha value is -2.33. The lowest BCUT2D eigenvalue weighted by Gasteiger charge is -2.19. The summed E-state index contributed by atoms with van der Waals surface area (Å²) in [5.74, 6) is -0.921. The van der Waals surface area contributed by atoms with Gasteiger partial charge in [0, 0.05) is 19.4 Å². The van der Waals surface area contributed by atoms with Crippen molar-refractivity contribution in [3.05, 3.63) is 60.8 Å². The standard InChI is InChI=1S/C49H88NO9P/c1-3-5-7-8-9-10-11-12-13-14-15-16-17-18-19-20-23-27-30-33-37-41-49(53)59-47(45-58-60(54,55)57-43-42-50)44-56-48(52)40-36-32-29-26-24-21-22-25-28-31-35-39-46(51)38-34-6-4-2/h12-13,21-22,26,28-29,31,35,39,46-47,51H,3-11,14-20,23-25,27,30,32-34,36-38,40-45,50H2,1-2H3,(H,54,55)/b13-12-,22-21-,29-26-,31-28-,39-35+/t46-,47-/m1/s1. The van der Waals surface area contributed by atoms with Gasteiger partial charge < -0.3 is 25.2 Å². The lowest BCUT2D eigenvalue weighted by molar-refractivity contribution is -0.161. The van der Waals surface area contributed by atoms with Gasteiger partial charge in [0.05, 0.1) is 19.3 Å². The maximum Gasteiger partial charge on any atom is 0.472 e. The largest absolute Gasteiger partial charge is 0.472 e. The van der Waals surface area contributed by atoms with Crippen LogP contribution in [0.2, 0.25) is 0 Å². The van der Waals surface area contributed by atoms with E-state index >= 15 is 0 Å². The van der Waals surface area contributed by atoms with Crippen molar-refractivity contribution in [2.75, 3.05) is 26.4 Å². The first-order valence-corrected chi connectivity index (χ1v) is 25.4. The van der Waals surface area contributed by atoms with Crippen molar-refractivity contribution >= 4 is 19.8 Å². The number of carbonyl (C=O) groups is 2. The number of ether oxygens (including phenoxy) is 2. The van der Waals surface area contributed by atoms with Crippen molar-refractivity contribution in [1.29, 1.82) is 0 Å². The summed E-state index contributed by atoms with van der Waals surface area (Å²) < 4.78 is 32.8. The molecule has 60 heavy (non-hydrogen) atoms. The summed E-state index contributed by atoms with van der Waals surface area (Å²) in [5.41, 5.74) is 5.35. The van der Waals surface area contributed by atoms with Crippen molar-refractivity contribution in [2.45, 2.75) is 212 Å². The van der Waals surface area contributed by atoms with E-state index in [1.54, 1.807) is 0 Å². The first kappa shape index (κ1) is 57.7. The van der Waals surface area contributed by atoms with E-state index in [9.17, 15) is 24.2 Å². The Morgan fingerprint density at radius 2 is 1.08 bits per heavy atom. The summed E-state index contributed by atoms with van der Waals surface area (Å²) in [6.07, 6.45) is 50.1. The third-order valence-electron chi connectivity index (χ3n) is 9.98. The van der Waals surface area contributed by atoms with Gasteiger partial charge in [-0.2, -0.15) is 0 Å². The molecule has 0 aromatic rings. The van der Waals surface area contributed by atoms with E-state index in [0.717, 1.165) is 57.8 Å². The quantitative estimate of drug-likeness (QED) is 0.0177. The minimum atomic E-state index is -4.40. The van der Waals surface area contributed by atoms with Gasteiger partial charge in [-0.3, -0.25) is 18.6 Å². The number of phosphoric ester groups is 1. The highest BCUT2D eigenvalue weighted by molar-refractivity contribution is 7.47. The number of rotatable bonds is 44. The summed E-state index contributed by atoms with van der Waals surface area (Å²) in [6.45, 7) is 3.53. The minimum absolute atomic E-state index is 0.0372. The molecule has 10 nitrogen and oxygen atoms in total. The molecule has 11 heteroatoms. The Morgan fingerprint density at radius 3 is 1.70 bits per heavy atom. The molecule has 3 atom stereocenters. The van der Waals surface area contributed by atoms with Gasteiger partial charge in [-0.15, -0.1) is 0 Å². The zero-order chi connectivity index (χ0) is 44.0. The van der Waals surface area contributed by atoms with Crippen LogP contribution in [0.15, 0.2) is 60.8 Å². The highest BCUT2D eigenvalue weighted by Crippen LogP contribution is 2.43. The fourth-order valence-corrected chi connectivity index (χ4v) is 7.14. The first-order valence-electron chi connectivity index (χ1n) is 23.9. The second-order valence-corrected chi connectivity index (χ2v) is 17.3. The third kappa shape index (κ3) is 43.7. The van der Waals surface area contributed by atoms with Crippen LogP contribution in [-0.4, -0.2) is 60.5 Å². The number of hydrogen-bond acceptors (Lipinski definition) is 9. The minimum Gasteiger partial charge on any atom is -0.462 e. The summed E-state index contributed by atoms with van der Waals surface area (Å²) >= 11 is 0. The molecule has 0 aromatic carbocycles. The Balaban J connectivity index is 4.20. The van der Waals surface area contributed by atoms with Crippen LogP contribution in [0.25, 0.3) is 0 Å². The zero-order valence-corrected chi connectivity index (χ0v) is 38.9. The molecule has 0 aliphatic rings. The van der Waals surface area contributed by atoms with Gasteiger partial charge in [0.25, 0.3) is 0 Å². The number of aliphatic hydroxyl groups is 1. The van der Waals surface area contributed by atoms with Crippen molar-refractivity contribution in [3.63, 3.8) is 0 Å². The Bertz CT molecular complexity index is 1190. The Kier molecular flexibility index (Phi) is 43.0. The normalized spacial score (nSPS) is 14.3. The second-order valence-electron chi connectivity index (χ2n) is 15.8. The molecule has 1 unspecified atom stereocenters. The van der Waals surface area contributed by atoms with Crippen molar-refractivity contribution in [1.82, 2.24) is 0 Å². The number of allylic oxidation sites excluding steroid dienone is 9. The molecule has 0 aromatic heterocycles. The molecule has 0 spiro atoms. The smallest absolute Gasteiger partial charge is 0.462 e. The van der Waals surface area contributed by atoms with Gasteiger partial charge in [0.15, 0.2) is 6.10 Å². The van der Waals surface area contributed by atoms with E-state index in [4.69, 9.17) is 24.3 Å². The Morgan fingerprint density at radius 1 is 0.583 bits per heavy atom. The number of nitrogens with two attached hydrogens (primary N) is 1. The van der Waals surface area contributed by atoms with Gasteiger partial charge in [0.1, 0.15) is 6.61 Å². The summed E-state index contributed by atoms with van der Waals surface area (Å²) in [7, 11) is -4.40. The molecule has 4 N–H and O–H groups in total. The second kappa shape index (κ2) is 44.7. The first-order chi connectivity index (χ1) is 29.2. The fourth-order valence-electron chi connectivity index (χ4n) is 6.38. The molecule has 0 rings (SSSR count). The molecule has 0 aliphatic carbocycles. The molecule has 0 bridgehead atoms. The van der Waals surface area contributed by atoms with Crippen LogP contribution in [0.1, 0.15) is 200 Å². The average molecular weight is 866 g/mol. The maximum absolute atomic E-state index is 12.6. The Labute approximate surface area is 366 Å². The van der Waals surface area contributed by atoms with Crippen LogP contribution >= 0.6 is 7.82 Å². The molecule has 0 saturated heterocycles. The average Bonchev–Trinajstić information content (AvgIpc) is 3.23. The van der Waals surface area contributed by atoms with Crippen LogP contribution in [-0.2, 0) is 32.7 Å². The van der Waals surface area contributed by atoms with Gasteiger partial charge >= 0.3 is 19.8 Å². The predicted molar refractivity (Wildman–Crippen MR) is 249 cm³/mol. The van der Waals surface area contributed by atoms with Crippen LogP contribution in [0.3, 0.4) is 0 Å². The monoisotopic (exact) mass is 866 g/mol. The molecular formula is C49H88NO9P. The highest BCUT2D eigenvalue weighted by Gasteiger charge is 2.26. The number of phosphoric acid groups is 1. The van der Waals surface area contributed by atoms with E-state index in [1.165, 1.54) is 96.3 Å². The number of esters is 2. The van der Waals surface area contributed by atoms with Crippen LogP contribution in [0.5, 0.6) is 0 Å². The number of hydrogen-bond donors (Lipinski definition) is 3. The molecule has 348 valence electrons. The fraction of sp³-hybridized carbons (Fsp3) is 0.755. The topological polar surface area (TPSA) is 155 Å². The summed E-state index contributed by atoms with van der Waals surface area (Å²) in [6, 6.07) is 0. The number of unbranched alkanes of at least 4 members (excludes halogenated alkanes) is 20. The van der Waals surface area contributed by atoms with Crippen molar-refractivity contribution < 1.29 is 42.7 Å². The summed E-state index contributed by atoms with van der Waals surface area (Å²) in [5, 5.41) is 9.90. The SMILES string of the molecule is CCCCCCCC/C=C\CCCCCCCCCCCCCC(=O)O[C@H](COC(=O)CCC/C=C\C/C=C\C/C=C\C=C\[C@H](O)CCCCC)COP(=O)(O)OCCN. The van der Waals surface area contributed by atoms with E-state index in [2.05, 4.69) is 38.2 Å². The zero-order valence-electron chi connectivity index (χ0n) is 38.0. The van der Waals surface area contributed by atoms with E-state index in [0.29, 0.717) is 19.3 Å². The lowest BCUT2D eigenvalue weighted by Crippen LogP contribution is -2.29. The van der Waals surface area contributed by atoms with Gasteiger partial charge in [-0.25, -0.2) is 4.57 Å². The van der Waals surface area contributed by atoms with Gasteiger partial charge in [-0.05, 0) is 64.2 Å². The highest BCUT2D eigenvalue weighted by atomic mass is 31.2. The van der Waals surface area contributed by atoms with Gasteiger partial charge in [-0.1, -0.05) is 184 Å². The molecule has 0 fully saturated rings. The number of carbonyl (C=O) groups excluding carboxylic acids is 2. The van der Waals surface area contributed by atoms with Crippen molar-refractivity contribution in [3.8, 4) is 0 Å².